The molecule has 4 heteroatoms. The van der Waals surface area contributed by atoms with Gasteiger partial charge in [0.25, 0.3) is 0 Å². The van der Waals surface area contributed by atoms with E-state index in [0.717, 1.165) is 32.6 Å². The zero-order valence-electron chi connectivity index (χ0n) is 11.0. The van der Waals surface area contributed by atoms with Gasteiger partial charge in [-0.25, -0.2) is 0 Å². The van der Waals surface area contributed by atoms with Gasteiger partial charge >= 0.3 is 0 Å². The van der Waals surface area contributed by atoms with Crippen molar-refractivity contribution >= 4 is 5.91 Å². The Hall–Kier alpha value is -0.610. The van der Waals surface area contributed by atoms with E-state index in [-0.39, 0.29) is 11.9 Å². The molecule has 0 radical (unpaired) electrons. The molecule has 1 N–H and O–H groups in total. The van der Waals surface area contributed by atoms with Gasteiger partial charge in [-0.3, -0.25) is 4.79 Å². The maximum absolute atomic E-state index is 11.9. The number of amides is 1. The summed E-state index contributed by atoms with van der Waals surface area (Å²) in [6, 6.07) is 0.0127. The quantitative estimate of drug-likeness (QED) is 0.784. The van der Waals surface area contributed by atoms with Gasteiger partial charge in [0, 0.05) is 19.6 Å². The van der Waals surface area contributed by atoms with Crippen LogP contribution in [0.2, 0.25) is 0 Å². The summed E-state index contributed by atoms with van der Waals surface area (Å²) >= 11 is 0. The molecule has 4 nitrogen and oxygen atoms in total. The molecule has 98 valence electrons. The summed E-state index contributed by atoms with van der Waals surface area (Å²) in [5, 5.41) is 3.20. The van der Waals surface area contributed by atoms with E-state index in [0.29, 0.717) is 0 Å². The lowest BCUT2D eigenvalue weighted by Gasteiger charge is -2.32. The molecule has 0 aromatic heterocycles. The van der Waals surface area contributed by atoms with Crippen LogP contribution in [0.25, 0.3) is 0 Å². The molecule has 0 saturated carbocycles. The van der Waals surface area contributed by atoms with Crippen molar-refractivity contribution in [1.29, 1.82) is 0 Å². The number of likely N-dealkylation sites (tertiary alicyclic amines) is 1. The fraction of sp³-hybridized carbons (Fsp3) is 0.923. The van der Waals surface area contributed by atoms with E-state index in [2.05, 4.69) is 10.2 Å². The van der Waals surface area contributed by atoms with Gasteiger partial charge in [0.05, 0.1) is 6.04 Å². The first-order valence-electron chi connectivity index (χ1n) is 7.02. The SMILES string of the molecule is C[C@@H]1NCCN(CCCN2CCCCC2)C1=O. The van der Waals surface area contributed by atoms with Crippen molar-refractivity contribution in [3.63, 3.8) is 0 Å². The van der Waals surface area contributed by atoms with Gasteiger partial charge in [0.15, 0.2) is 0 Å². The van der Waals surface area contributed by atoms with Crippen molar-refractivity contribution in [3.05, 3.63) is 0 Å². The van der Waals surface area contributed by atoms with Gasteiger partial charge in [-0.05, 0) is 45.8 Å². The monoisotopic (exact) mass is 239 g/mol. The van der Waals surface area contributed by atoms with Gasteiger partial charge in [-0.1, -0.05) is 6.42 Å². The predicted molar refractivity (Wildman–Crippen MR) is 69.0 cm³/mol. The van der Waals surface area contributed by atoms with E-state index in [4.69, 9.17) is 0 Å². The van der Waals surface area contributed by atoms with Crippen molar-refractivity contribution in [3.8, 4) is 0 Å². The minimum absolute atomic E-state index is 0.0127. The van der Waals surface area contributed by atoms with Crippen LogP contribution < -0.4 is 5.32 Å². The molecule has 2 aliphatic rings. The van der Waals surface area contributed by atoms with E-state index < -0.39 is 0 Å². The Morgan fingerprint density at radius 2 is 1.94 bits per heavy atom. The Bertz CT molecular complexity index is 251. The maximum atomic E-state index is 11.9. The molecule has 2 heterocycles. The standard InChI is InChI=1S/C13H25N3O/c1-12-13(17)16(11-6-14-12)10-5-9-15-7-3-2-4-8-15/h12,14H,2-11H2,1H3/t12-/m0/s1. The largest absolute Gasteiger partial charge is 0.340 e. The van der Waals surface area contributed by atoms with Gasteiger partial charge in [0.1, 0.15) is 0 Å². The third-order valence-electron chi connectivity index (χ3n) is 3.87. The molecule has 2 aliphatic heterocycles. The van der Waals surface area contributed by atoms with Crippen LogP contribution >= 0.6 is 0 Å². The highest BCUT2D eigenvalue weighted by molar-refractivity contribution is 5.82. The Balaban J connectivity index is 1.65. The molecule has 2 fully saturated rings. The van der Waals surface area contributed by atoms with Crippen LogP contribution in [0, 0.1) is 0 Å². The number of hydrogen-bond acceptors (Lipinski definition) is 3. The molecule has 1 amide bonds. The van der Waals surface area contributed by atoms with Crippen LogP contribution in [0.15, 0.2) is 0 Å². The number of carbonyl (C=O) groups excluding carboxylic acids is 1. The molecule has 0 spiro atoms. The number of piperidine rings is 1. The molecule has 2 rings (SSSR count). The van der Waals surface area contributed by atoms with Crippen LogP contribution in [0.4, 0.5) is 0 Å². The summed E-state index contributed by atoms with van der Waals surface area (Å²) in [7, 11) is 0. The van der Waals surface area contributed by atoms with Gasteiger partial charge in [0.2, 0.25) is 5.91 Å². The summed E-state index contributed by atoms with van der Waals surface area (Å²) in [6.45, 7) is 8.38. The fourth-order valence-electron chi connectivity index (χ4n) is 2.78. The van der Waals surface area contributed by atoms with Crippen LogP contribution in [0.3, 0.4) is 0 Å². The Labute approximate surface area is 104 Å². The molecule has 0 bridgehead atoms. The summed E-state index contributed by atoms with van der Waals surface area (Å²) in [5.74, 6) is 0.273. The lowest BCUT2D eigenvalue weighted by Crippen LogP contribution is -2.54. The number of rotatable bonds is 4. The Kier molecular flexibility index (Phi) is 4.80. The lowest BCUT2D eigenvalue weighted by atomic mass is 10.1. The zero-order valence-corrected chi connectivity index (χ0v) is 11.0. The van der Waals surface area contributed by atoms with E-state index in [9.17, 15) is 4.79 Å². The third-order valence-corrected chi connectivity index (χ3v) is 3.87. The van der Waals surface area contributed by atoms with E-state index >= 15 is 0 Å². The average Bonchev–Trinajstić information content (AvgIpc) is 2.36. The second-order valence-electron chi connectivity index (χ2n) is 5.26. The highest BCUT2D eigenvalue weighted by atomic mass is 16.2. The fourth-order valence-corrected chi connectivity index (χ4v) is 2.78. The first-order valence-corrected chi connectivity index (χ1v) is 7.02. The first-order chi connectivity index (χ1) is 8.27. The Morgan fingerprint density at radius 3 is 2.71 bits per heavy atom. The molecule has 0 aliphatic carbocycles. The summed E-state index contributed by atoms with van der Waals surface area (Å²) in [6.07, 6.45) is 5.22. The van der Waals surface area contributed by atoms with Gasteiger partial charge in [-0.15, -0.1) is 0 Å². The average molecular weight is 239 g/mol. The summed E-state index contributed by atoms with van der Waals surface area (Å²) < 4.78 is 0. The van der Waals surface area contributed by atoms with Crippen molar-refractivity contribution in [2.75, 3.05) is 39.3 Å². The minimum Gasteiger partial charge on any atom is -0.340 e. The van der Waals surface area contributed by atoms with E-state index in [1.165, 1.54) is 32.4 Å². The van der Waals surface area contributed by atoms with Crippen LogP contribution in [-0.4, -0.2) is 61.0 Å². The topological polar surface area (TPSA) is 35.6 Å². The molecular formula is C13H25N3O. The van der Waals surface area contributed by atoms with Gasteiger partial charge < -0.3 is 15.1 Å². The van der Waals surface area contributed by atoms with Crippen LogP contribution in [0.5, 0.6) is 0 Å². The normalized spacial score (nSPS) is 27.5. The molecule has 1 atom stereocenters. The number of carbonyl (C=O) groups is 1. The third kappa shape index (κ3) is 3.68. The molecule has 17 heavy (non-hydrogen) atoms. The van der Waals surface area contributed by atoms with E-state index in [1.807, 2.05) is 11.8 Å². The van der Waals surface area contributed by atoms with Gasteiger partial charge in [-0.2, -0.15) is 0 Å². The molecule has 0 aromatic rings. The molecule has 0 unspecified atom stereocenters. The molecule has 0 aromatic carbocycles. The van der Waals surface area contributed by atoms with Crippen molar-refractivity contribution in [2.45, 2.75) is 38.6 Å². The van der Waals surface area contributed by atoms with Crippen molar-refractivity contribution in [1.82, 2.24) is 15.1 Å². The Morgan fingerprint density at radius 1 is 1.18 bits per heavy atom. The molecular weight excluding hydrogens is 214 g/mol. The predicted octanol–water partition coefficient (Wildman–Crippen LogP) is 0.683. The smallest absolute Gasteiger partial charge is 0.239 e. The van der Waals surface area contributed by atoms with Crippen LogP contribution in [0.1, 0.15) is 32.6 Å². The second kappa shape index (κ2) is 6.36. The zero-order chi connectivity index (χ0) is 12.1. The van der Waals surface area contributed by atoms with Crippen molar-refractivity contribution in [2.24, 2.45) is 0 Å². The second-order valence-corrected chi connectivity index (χ2v) is 5.26. The highest BCUT2D eigenvalue weighted by Gasteiger charge is 2.24. The lowest BCUT2D eigenvalue weighted by molar-refractivity contribution is -0.135. The van der Waals surface area contributed by atoms with Crippen molar-refractivity contribution < 1.29 is 4.79 Å². The number of nitrogens with one attached hydrogen (secondary N) is 1. The van der Waals surface area contributed by atoms with E-state index in [1.54, 1.807) is 0 Å². The van der Waals surface area contributed by atoms with Crippen LogP contribution in [-0.2, 0) is 4.79 Å². The number of piperazine rings is 1. The number of hydrogen-bond donors (Lipinski definition) is 1. The first kappa shape index (κ1) is 12.8. The highest BCUT2D eigenvalue weighted by Crippen LogP contribution is 2.09. The minimum atomic E-state index is 0.0127. The molecule has 2 saturated heterocycles. The number of nitrogens with zero attached hydrogens (tertiary/aromatic N) is 2. The maximum Gasteiger partial charge on any atom is 0.239 e. The summed E-state index contributed by atoms with van der Waals surface area (Å²) in [5.41, 5.74) is 0. The summed E-state index contributed by atoms with van der Waals surface area (Å²) in [4.78, 5) is 16.4.